The molecule has 7 heteroatoms. The minimum atomic E-state index is -0.741. The van der Waals surface area contributed by atoms with Crippen LogP contribution in [0.3, 0.4) is 0 Å². The van der Waals surface area contributed by atoms with E-state index in [4.69, 9.17) is 25.8 Å². The number of halogens is 1. The minimum absolute atomic E-state index is 0.00361. The first-order chi connectivity index (χ1) is 16.8. The minimum Gasteiger partial charge on any atom is -0.479 e. The number of fused-ring (bicyclic) bond motifs is 1. The highest BCUT2D eigenvalue weighted by Gasteiger charge is 2.42. The molecule has 0 bridgehead atoms. The molecule has 2 aliphatic carbocycles. The standard InChI is InChI=1S/C28H37ClO6/c1-3-25(34-22-8-6-19(29)7-9-22)28(32)35-26-16-21(31)14-18-5-4-17(2)24(27(18)26)11-10-23-15-20(30)12-13-33-23/h4-9,14,17,20-21,23-27,30-31H,3,10-13,15-16H2,1-2H3/t17-,20+,21+,23+,24-,25?,26-,27-/m0/s1. The van der Waals surface area contributed by atoms with Crippen LogP contribution in [0.15, 0.2) is 48.1 Å². The van der Waals surface area contributed by atoms with E-state index in [-0.39, 0.29) is 24.0 Å². The van der Waals surface area contributed by atoms with Crippen LogP contribution in [-0.2, 0) is 14.3 Å². The largest absolute Gasteiger partial charge is 0.479 e. The van der Waals surface area contributed by atoms with Crippen LogP contribution >= 0.6 is 11.6 Å². The summed E-state index contributed by atoms with van der Waals surface area (Å²) in [5, 5.41) is 21.1. The average molecular weight is 505 g/mol. The molecule has 0 aromatic heterocycles. The fourth-order valence-corrected chi connectivity index (χ4v) is 5.75. The molecule has 35 heavy (non-hydrogen) atoms. The molecule has 0 saturated carbocycles. The van der Waals surface area contributed by atoms with Gasteiger partial charge in [0.1, 0.15) is 11.9 Å². The third kappa shape index (κ3) is 6.67. The fraction of sp³-hybridized carbons (Fsp3) is 0.607. The first-order valence-corrected chi connectivity index (χ1v) is 13.2. The number of benzene rings is 1. The Morgan fingerprint density at radius 3 is 2.69 bits per heavy atom. The van der Waals surface area contributed by atoms with Gasteiger partial charge in [0.15, 0.2) is 6.10 Å². The van der Waals surface area contributed by atoms with Gasteiger partial charge >= 0.3 is 5.97 Å². The molecule has 0 amide bonds. The first-order valence-electron chi connectivity index (χ1n) is 12.8. The van der Waals surface area contributed by atoms with Crippen molar-refractivity contribution in [3.8, 4) is 5.75 Å². The van der Waals surface area contributed by atoms with Gasteiger partial charge in [-0.25, -0.2) is 4.79 Å². The van der Waals surface area contributed by atoms with Crippen LogP contribution < -0.4 is 4.74 Å². The number of hydrogen-bond donors (Lipinski definition) is 2. The average Bonchev–Trinajstić information content (AvgIpc) is 2.83. The number of carbonyl (C=O) groups is 1. The van der Waals surface area contributed by atoms with Crippen molar-refractivity contribution in [1.29, 1.82) is 0 Å². The molecule has 3 aliphatic rings. The molecule has 1 fully saturated rings. The van der Waals surface area contributed by atoms with Gasteiger partial charge in [-0.15, -0.1) is 0 Å². The summed E-state index contributed by atoms with van der Waals surface area (Å²) < 4.78 is 17.9. The maximum absolute atomic E-state index is 13.2. The molecule has 0 spiro atoms. The van der Waals surface area contributed by atoms with Crippen molar-refractivity contribution in [3.63, 3.8) is 0 Å². The van der Waals surface area contributed by atoms with Gasteiger partial charge in [-0.3, -0.25) is 0 Å². The summed E-state index contributed by atoms with van der Waals surface area (Å²) in [6.07, 6.45) is 8.01. The van der Waals surface area contributed by atoms with Gasteiger partial charge in [-0.1, -0.05) is 43.7 Å². The maximum atomic E-state index is 13.2. The highest BCUT2D eigenvalue weighted by Crippen LogP contribution is 2.44. The highest BCUT2D eigenvalue weighted by atomic mass is 35.5. The van der Waals surface area contributed by atoms with E-state index in [9.17, 15) is 15.0 Å². The lowest BCUT2D eigenvalue weighted by Crippen LogP contribution is -2.44. The molecule has 1 saturated heterocycles. The Morgan fingerprint density at radius 2 is 1.97 bits per heavy atom. The molecule has 8 atom stereocenters. The van der Waals surface area contributed by atoms with Crippen LogP contribution in [0.5, 0.6) is 5.75 Å². The van der Waals surface area contributed by atoms with Crippen molar-refractivity contribution in [2.75, 3.05) is 6.61 Å². The van der Waals surface area contributed by atoms with Crippen LogP contribution in [0.25, 0.3) is 0 Å². The van der Waals surface area contributed by atoms with Gasteiger partial charge < -0.3 is 24.4 Å². The lowest BCUT2D eigenvalue weighted by molar-refractivity contribution is -0.163. The van der Waals surface area contributed by atoms with Crippen molar-refractivity contribution in [2.24, 2.45) is 17.8 Å². The van der Waals surface area contributed by atoms with Crippen LogP contribution in [0.2, 0.25) is 5.02 Å². The van der Waals surface area contributed by atoms with E-state index in [1.807, 2.05) is 13.0 Å². The number of aliphatic hydroxyl groups is 2. The molecule has 2 N–H and O–H groups in total. The Bertz CT molecular complexity index is 913. The zero-order valence-corrected chi connectivity index (χ0v) is 21.3. The smallest absolute Gasteiger partial charge is 0.347 e. The number of esters is 1. The predicted octanol–water partition coefficient (Wildman–Crippen LogP) is 4.86. The lowest BCUT2D eigenvalue weighted by atomic mass is 9.66. The zero-order valence-electron chi connectivity index (χ0n) is 20.5. The van der Waals surface area contributed by atoms with E-state index >= 15 is 0 Å². The molecular weight excluding hydrogens is 468 g/mol. The molecule has 1 unspecified atom stereocenters. The summed E-state index contributed by atoms with van der Waals surface area (Å²) in [6, 6.07) is 6.91. The quantitative estimate of drug-likeness (QED) is 0.492. The topological polar surface area (TPSA) is 85.2 Å². The second-order valence-electron chi connectivity index (χ2n) is 10.1. The van der Waals surface area contributed by atoms with Gasteiger partial charge in [-0.05, 0) is 73.8 Å². The predicted molar refractivity (Wildman–Crippen MR) is 134 cm³/mol. The van der Waals surface area contributed by atoms with Crippen LogP contribution in [0, 0.1) is 17.8 Å². The number of carbonyl (C=O) groups excluding carboxylic acids is 1. The van der Waals surface area contributed by atoms with Gasteiger partial charge in [-0.2, -0.15) is 0 Å². The van der Waals surface area contributed by atoms with Crippen LogP contribution in [0.4, 0.5) is 0 Å². The Morgan fingerprint density at radius 1 is 1.20 bits per heavy atom. The third-order valence-electron chi connectivity index (χ3n) is 7.53. The number of rotatable bonds is 8. The fourth-order valence-electron chi connectivity index (χ4n) is 5.63. The SMILES string of the molecule is CCC(Oc1ccc(Cl)cc1)C(=O)O[C@H]1C[C@H](O)C=C2C=C[C@H](C)[C@H](CC[C@@H]3C[C@H](O)CCO3)[C@H]21. The number of aliphatic hydroxyl groups excluding tert-OH is 2. The Balaban J connectivity index is 1.46. The molecule has 0 radical (unpaired) electrons. The van der Waals surface area contributed by atoms with Crippen molar-refractivity contribution < 1.29 is 29.2 Å². The summed E-state index contributed by atoms with van der Waals surface area (Å²) in [6.45, 7) is 4.67. The normalized spacial score (nSPS) is 33.4. The van der Waals surface area contributed by atoms with E-state index in [0.717, 1.165) is 18.4 Å². The second kappa shape index (κ2) is 11.9. The molecule has 192 valence electrons. The highest BCUT2D eigenvalue weighted by molar-refractivity contribution is 6.30. The van der Waals surface area contributed by atoms with Crippen molar-refractivity contribution >= 4 is 17.6 Å². The number of allylic oxidation sites excluding steroid dienone is 2. The van der Waals surface area contributed by atoms with E-state index in [1.54, 1.807) is 24.3 Å². The van der Waals surface area contributed by atoms with Crippen LogP contribution in [-0.4, -0.2) is 53.3 Å². The Labute approximate surface area is 212 Å². The molecule has 1 aromatic rings. The summed E-state index contributed by atoms with van der Waals surface area (Å²) in [5.41, 5.74) is 1.03. The molecule has 1 heterocycles. The molecule has 6 nitrogen and oxygen atoms in total. The molecular formula is C28H37ClO6. The van der Waals surface area contributed by atoms with Crippen LogP contribution in [0.1, 0.15) is 52.4 Å². The summed E-state index contributed by atoms with van der Waals surface area (Å²) in [4.78, 5) is 13.2. The summed E-state index contributed by atoms with van der Waals surface area (Å²) in [7, 11) is 0. The Kier molecular flexibility index (Phi) is 8.92. The van der Waals surface area contributed by atoms with E-state index in [1.165, 1.54) is 0 Å². The molecule has 1 aromatic carbocycles. The van der Waals surface area contributed by atoms with E-state index in [2.05, 4.69) is 19.1 Å². The van der Waals surface area contributed by atoms with E-state index < -0.39 is 24.3 Å². The van der Waals surface area contributed by atoms with Gasteiger partial charge in [0.05, 0.1) is 18.3 Å². The van der Waals surface area contributed by atoms with Gasteiger partial charge in [0, 0.05) is 24.0 Å². The summed E-state index contributed by atoms with van der Waals surface area (Å²) >= 11 is 5.96. The summed E-state index contributed by atoms with van der Waals surface area (Å²) in [5.74, 6) is 0.694. The number of hydrogen-bond acceptors (Lipinski definition) is 6. The van der Waals surface area contributed by atoms with Gasteiger partial charge in [0.25, 0.3) is 0 Å². The lowest BCUT2D eigenvalue weighted by Gasteiger charge is -2.43. The monoisotopic (exact) mass is 504 g/mol. The van der Waals surface area contributed by atoms with Crippen molar-refractivity contribution in [2.45, 2.75) is 82.9 Å². The van der Waals surface area contributed by atoms with Gasteiger partial charge in [0.2, 0.25) is 0 Å². The Hall–Kier alpha value is -1.86. The molecule has 1 aliphatic heterocycles. The van der Waals surface area contributed by atoms with Crippen molar-refractivity contribution in [1.82, 2.24) is 0 Å². The zero-order chi connectivity index (χ0) is 24.9. The molecule has 4 rings (SSSR count). The number of ether oxygens (including phenoxy) is 3. The van der Waals surface area contributed by atoms with E-state index in [0.29, 0.717) is 49.0 Å². The second-order valence-corrected chi connectivity index (χ2v) is 10.5. The van der Waals surface area contributed by atoms with Crippen molar-refractivity contribution in [3.05, 3.63) is 53.1 Å². The first kappa shape index (κ1) is 26.2. The maximum Gasteiger partial charge on any atom is 0.347 e. The third-order valence-corrected chi connectivity index (χ3v) is 7.78.